The average molecular weight is 563 g/mol. The number of ether oxygens (including phenoxy) is 1. The molecule has 4 aromatic rings. The molecule has 1 amide bonds. The SMILES string of the molecule is CC1(C)Oc2c(cc(Nc3nccc(-c4c[nH]nn4)n3)cc2-c2cnc([C@]3(O)CC[C@H](C(=O)O)CC3)s2)NC1=O. The zero-order valence-electron chi connectivity index (χ0n) is 21.6. The Morgan fingerprint density at radius 3 is 2.73 bits per heavy atom. The first kappa shape index (κ1) is 25.8. The summed E-state index contributed by atoms with van der Waals surface area (Å²) in [7, 11) is 0. The largest absolute Gasteiger partial charge is 0.481 e. The molecule has 4 heterocycles. The monoisotopic (exact) mass is 562 g/mol. The van der Waals surface area contributed by atoms with E-state index in [-0.39, 0.29) is 5.91 Å². The molecule has 206 valence electrons. The van der Waals surface area contributed by atoms with E-state index in [1.165, 1.54) is 11.3 Å². The van der Waals surface area contributed by atoms with Crippen LogP contribution < -0.4 is 15.4 Å². The molecule has 3 aromatic heterocycles. The molecule has 1 aliphatic heterocycles. The number of aliphatic hydroxyl groups is 1. The molecule has 5 N–H and O–H groups in total. The molecule has 0 atom stereocenters. The van der Waals surface area contributed by atoms with Gasteiger partial charge in [-0.3, -0.25) is 14.7 Å². The van der Waals surface area contributed by atoms with Gasteiger partial charge in [0.2, 0.25) is 5.95 Å². The van der Waals surface area contributed by atoms with Crippen molar-refractivity contribution in [3.8, 4) is 27.6 Å². The lowest BCUT2D eigenvalue weighted by Gasteiger charge is -2.33. The van der Waals surface area contributed by atoms with Crippen molar-refractivity contribution >= 4 is 40.5 Å². The van der Waals surface area contributed by atoms with E-state index in [4.69, 9.17) is 4.74 Å². The van der Waals surface area contributed by atoms with E-state index in [9.17, 15) is 19.8 Å². The molecule has 1 fully saturated rings. The van der Waals surface area contributed by atoms with Crippen LogP contribution in [0.1, 0.15) is 44.5 Å². The van der Waals surface area contributed by atoms with Gasteiger partial charge in [-0.25, -0.2) is 15.0 Å². The number of anilines is 3. The van der Waals surface area contributed by atoms with Gasteiger partial charge in [0.15, 0.2) is 11.4 Å². The van der Waals surface area contributed by atoms with Gasteiger partial charge in [-0.1, -0.05) is 5.21 Å². The number of nitrogens with zero attached hydrogens (tertiary/aromatic N) is 5. The normalized spacial score (nSPS) is 21.7. The number of carboxylic acids is 1. The van der Waals surface area contributed by atoms with Crippen LogP contribution in [-0.4, -0.2) is 58.1 Å². The highest BCUT2D eigenvalue weighted by atomic mass is 32.1. The Labute approximate surface area is 232 Å². The molecule has 0 spiro atoms. The minimum absolute atomic E-state index is 0.290. The maximum atomic E-state index is 12.7. The van der Waals surface area contributed by atoms with Gasteiger partial charge in [0.05, 0.1) is 28.4 Å². The summed E-state index contributed by atoms with van der Waals surface area (Å²) < 4.78 is 6.17. The van der Waals surface area contributed by atoms with Gasteiger partial charge in [-0.15, -0.1) is 16.4 Å². The van der Waals surface area contributed by atoms with E-state index in [1.54, 1.807) is 44.6 Å². The molecule has 40 heavy (non-hydrogen) atoms. The number of aromatic amines is 1. The summed E-state index contributed by atoms with van der Waals surface area (Å²) in [4.78, 5) is 38.2. The van der Waals surface area contributed by atoms with Crippen molar-refractivity contribution in [1.82, 2.24) is 30.4 Å². The zero-order valence-corrected chi connectivity index (χ0v) is 22.4. The molecule has 1 aliphatic carbocycles. The molecule has 14 heteroatoms. The predicted octanol–water partition coefficient (Wildman–Crippen LogP) is 3.70. The molecular weight excluding hydrogens is 536 g/mol. The summed E-state index contributed by atoms with van der Waals surface area (Å²) in [6.07, 6.45) is 6.28. The number of H-pyrrole nitrogens is 1. The third kappa shape index (κ3) is 4.75. The second-order valence-corrected chi connectivity index (χ2v) is 11.4. The molecule has 0 unspecified atom stereocenters. The lowest BCUT2D eigenvalue weighted by molar-refractivity contribution is -0.145. The van der Waals surface area contributed by atoms with Crippen LogP contribution in [0, 0.1) is 5.92 Å². The highest BCUT2D eigenvalue weighted by Crippen LogP contribution is 2.48. The number of rotatable bonds is 6. The quantitative estimate of drug-likeness (QED) is 0.230. The number of nitrogens with one attached hydrogen (secondary N) is 3. The van der Waals surface area contributed by atoms with Crippen molar-refractivity contribution in [1.29, 1.82) is 0 Å². The number of benzene rings is 1. The van der Waals surface area contributed by atoms with Crippen molar-refractivity contribution in [2.75, 3.05) is 10.6 Å². The molecule has 0 radical (unpaired) electrons. The van der Waals surface area contributed by atoms with E-state index in [2.05, 4.69) is 41.0 Å². The number of aliphatic carboxylic acids is 1. The minimum Gasteiger partial charge on any atom is -0.481 e. The number of fused-ring (bicyclic) bond motifs is 1. The predicted molar refractivity (Wildman–Crippen MR) is 145 cm³/mol. The molecule has 1 aromatic carbocycles. The summed E-state index contributed by atoms with van der Waals surface area (Å²) in [5.74, 6) is -0.802. The fourth-order valence-electron chi connectivity index (χ4n) is 4.85. The van der Waals surface area contributed by atoms with Gasteiger partial charge in [-0.05, 0) is 57.7 Å². The summed E-state index contributed by atoms with van der Waals surface area (Å²) in [6, 6.07) is 5.30. The first-order valence-corrected chi connectivity index (χ1v) is 13.5. The summed E-state index contributed by atoms with van der Waals surface area (Å²) in [6.45, 7) is 3.37. The zero-order chi connectivity index (χ0) is 28.1. The molecule has 1 saturated carbocycles. The average Bonchev–Trinajstić information content (AvgIpc) is 3.63. The lowest BCUT2D eigenvalue weighted by atomic mass is 9.79. The van der Waals surface area contributed by atoms with Gasteiger partial charge >= 0.3 is 5.97 Å². The number of thiazole rings is 1. The van der Waals surface area contributed by atoms with Gasteiger partial charge in [0.1, 0.15) is 16.3 Å². The van der Waals surface area contributed by atoms with Gasteiger partial charge in [0, 0.05) is 23.6 Å². The van der Waals surface area contributed by atoms with Crippen LogP contribution in [-0.2, 0) is 15.2 Å². The fraction of sp³-hybridized carbons (Fsp3) is 0.346. The Morgan fingerprint density at radius 1 is 1.20 bits per heavy atom. The number of carbonyl (C=O) groups excluding carboxylic acids is 1. The Bertz CT molecular complexity index is 1590. The number of hydrogen-bond donors (Lipinski definition) is 5. The van der Waals surface area contributed by atoms with Gasteiger partial charge < -0.3 is 25.6 Å². The maximum Gasteiger partial charge on any atom is 0.306 e. The summed E-state index contributed by atoms with van der Waals surface area (Å²) in [5.41, 5.74) is 0.541. The maximum absolute atomic E-state index is 12.7. The number of carbonyl (C=O) groups is 2. The van der Waals surface area contributed by atoms with E-state index in [1.807, 2.05) is 6.07 Å². The summed E-state index contributed by atoms with van der Waals surface area (Å²) in [5, 5.41) is 37.7. The highest BCUT2D eigenvalue weighted by molar-refractivity contribution is 7.15. The smallest absolute Gasteiger partial charge is 0.306 e. The van der Waals surface area contributed by atoms with Crippen molar-refractivity contribution in [3.05, 3.63) is 41.8 Å². The fourth-order valence-corrected chi connectivity index (χ4v) is 5.92. The van der Waals surface area contributed by atoms with Crippen LogP contribution in [0.4, 0.5) is 17.3 Å². The molecule has 13 nitrogen and oxygen atoms in total. The topological polar surface area (TPSA) is 188 Å². The Morgan fingerprint density at radius 2 is 2.00 bits per heavy atom. The first-order valence-electron chi connectivity index (χ1n) is 12.7. The number of amides is 1. The van der Waals surface area contributed by atoms with E-state index >= 15 is 0 Å². The Kier molecular flexibility index (Phi) is 6.22. The van der Waals surface area contributed by atoms with Crippen LogP contribution >= 0.6 is 11.3 Å². The van der Waals surface area contributed by atoms with Gasteiger partial charge in [0.25, 0.3) is 5.91 Å². The van der Waals surface area contributed by atoms with E-state index in [0.29, 0.717) is 75.6 Å². The van der Waals surface area contributed by atoms with Crippen molar-refractivity contribution < 1.29 is 24.5 Å². The van der Waals surface area contributed by atoms with Crippen molar-refractivity contribution in [2.45, 2.75) is 50.7 Å². The Balaban J connectivity index is 1.36. The van der Waals surface area contributed by atoms with Crippen LogP contribution in [0.2, 0.25) is 0 Å². The Hall–Kier alpha value is -4.43. The standard InChI is InChI=1S/C26H26N8O5S/c1-25(2)22(37)31-17-10-14(30-24-27-8-5-16(32-24)18-11-29-34-33-18)9-15(20(17)39-25)19-12-28-23(40-19)26(38)6-3-13(4-7-26)21(35)36/h5,8-13,38H,3-4,6-7H2,1-2H3,(H,31,37)(H,35,36)(H,27,30,32)(H,29,33,34)/t13-,26-. The molecule has 0 saturated heterocycles. The second-order valence-electron chi connectivity index (χ2n) is 10.4. The molecule has 0 bridgehead atoms. The third-order valence-electron chi connectivity index (χ3n) is 7.16. The van der Waals surface area contributed by atoms with Crippen LogP contribution in [0.15, 0.2) is 36.8 Å². The lowest BCUT2D eigenvalue weighted by Crippen LogP contribution is -2.45. The summed E-state index contributed by atoms with van der Waals surface area (Å²) >= 11 is 1.31. The number of aromatic nitrogens is 6. The van der Waals surface area contributed by atoms with Crippen LogP contribution in [0.5, 0.6) is 5.75 Å². The van der Waals surface area contributed by atoms with Crippen molar-refractivity contribution in [3.63, 3.8) is 0 Å². The molecule has 6 rings (SSSR count). The molecular formula is C26H26N8O5S. The van der Waals surface area contributed by atoms with Crippen LogP contribution in [0.3, 0.4) is 0 Å². The number of carboxylic acid groups (broad SMARTS) is 1. The minimum atomic E-state index is -1.20. The molecule has 2 aliphatic rings. The van der Waals surface area contributed by atoms with E-state index < -0.39 is 23.1 Å². The third-order valence-corrected chi connectivity index (χ3v) is 8.39. The number of hydrogen-bond acceptors (Lipinski definition) is 11. The van der Waals surface area contributed by atoms with E-state index in [0.717, 1.165) is 0 Å². The van der Waals surface area contributed by atoms with Gasteiger partial charge in [-0.2, -0.15) is 0 Å². The van der Waals surface area contributed by atoms with Crippen molar-refractivity contribution in [2.24, 2.45) is 5.92 Å². The highest BCUT2D eigenvalue weighted by Gasteiger charge is 2.40. The van der Waals surface area contributed by atoms with Crippen LogP contribution in [0.25, 0.3) is 21.8 Å². The second kappa shape index (κ2) is 9.64. The first-order chi connectivity index (χ1) is 19.1.